The minimum absolute atomic E-state index is 0.143. The number of nitrogens with zero attached hydrogens (tertiary/aromatic N) is 3. The van der Waals surface area contributed by atoms with E-state index in [-0.39, 0.29) is 69.3 Å². The van der Waals surface area contributed by atoms with Crippen molar-refractivity contribution in [3.05, 3.63) is 368 Å². The van der Waals surface area contributed by atoms with Gasteiger partial charge in [-0.25, -0.2) is 4.98 Å². The molecule has 0 unspecified atom stereocenters. The maximum atomic E-state index is 12.3. The van der Waals surface area contributed by atoms with Gasteiger partial charge in [-0.1, -0.05) is 187 Å². The van der Waals surface area contributed by atoms with E-state index in [1.807, 2.05) is 158 Å². The zero-order valence-electron chi connectivity index (χ0n) is 59.2. The quantitative estimate of drug-likeness (QED) is 0.0319. The van der Waals surface area contributed by atoms with Gasteiger partial charge in [-0.3, -0.25) is 48.3 Å². The second-order valence-electron chi connectivity index (χ2n) is 24.8. The molecule has 17 nitrogen and oxygen atoms in total. The van der Waals surface area contributed by atoms with Crippen LogP contribution in [0.4, 0.5) is 22.7 Å². The molecule has 4 heterocycles. The molecular formula is C88H78Cl3N7O10. The van der Waals surface area contributed by atoms with Gasteiger partial charge in [-0.2, -0.15) is 0 Å². The molecule has 0 spiro atoms. The van der Waals surface area contributed by atoms with E-state index in [9.17, 15) is 38.4 Å². The molecule has 8 aromatic carbocycles. The van der Waals surface area contributed by atoms with Gasteiger partial charge >= 0.3 is 0 Å². The smallest absolute Gasteiger partial charge is 0.291 e. The molecular weight excluding hydrogens is 1420 g/mol. The highest BCUT2D eigenvalue weighted by molar-refractivity contribution is 6.31. The van der Waals surface area contributed by atoms with Gasteiger partial charge in [0.05, 0.1) is 29.6 Å². The Bertz CT molecular complexity index is 4760. The first-order chi connectivity index (χ1) is 52.4. The number of anilines is 4. The summed E-state index contributed by atoms with van der Waals surface area (Å²) < 4.78 is 10.2. The molecule has 108 heavy (non-hydrogen) atoms. The number of amides is 4. The van der Waals surface area contributed by atoms with Crippen molar-refractivity contribution >= 4 is 104 Å². The van der Waals surface area contributed by atoms with Crippen molar-refractivity contribution in [2.24, 2.45) is 0 Å². The summed E-state index contributed by atoms with van der Waals surface area (Å²) in [6.45, 7) is 0. The molecule has 4 N–H and O–H groups in total. The van der Waals surface area contributed by atoms with E-state index < -0.39 is 0 Å². The van der Waals surface area contributed by atoms with E-state index >= 15 is 0 Å². The Hall–Kier alpha value is -12.3. The Morgan fingerprint density at radius 3 is 1.16 bits per heavy atom. The average molecular weight is 1500 g/mol. The molecule has 0 aliphatic heterocycles. The van der Waals surface area contributed by atoms with Gasteiger partial charge in [0.15, 0.2) is 11.0 Å². The van der Waals surface area contributed by atoms with Crippen LogP contribution in [0.15, 0.2) is 290 Å². The number of rotatable bonds is 29. The number of ketones is 4. The third-order valence-corrected chi connectivity index (χ3v) is 17.1. The summed E-state index contributed by atoms with van der Waals surface area (Å²) >= 11 is 17.3. The molecule has 4 aromatic heterocycles. The Morgan fingerprint density at radius 2 is 0.759 bits per heavy atom. The predicted octanol–water partition coefficient (Wildman–Crippen LogP) is 18.5. The van der Waals surface area contributed by atoms with Crippen molar-refractivity contribution in [3.8, 4) is 5.75 Å². The largest absolute Gasteiger partial charge is 0.497 e. The van der Waals surface area contributed by atoms with Gasteiger partial charge in [0.1, 0.15) is 34.0 Å². The Kier molecular flexibility index (Phi) is 31.5. The number of Topliss-reactive ketones (excluding diaryl/α,β-unsaturated/α-hetero) is 4. The van der Waals surface area contributed by atoms with Gasteiger partial charge in [0.2, 0.25) is 0 Å². The number of furan rings is 1. The monoisotopic (exact) mass is 1500 g/mol. The van der Waals surface area contributed by atoms with E-state index in [4.69, 9.17) is 44.0 Å². The van der Waals surface area contributed by atoms with E-state index in [2.05, 4.69) is 36.2 Å². The molecule has 12 aromatic rings. The number of carbonyl (C=O) groups excluding carboxylic acids is 8. The van der Waals surface area contributed by atoms with Gasteiger partial charge in [0, 0.05) is 104 Å². The van der Waals surface area contributed by atoms with Crippen LogP contribution in [-0.4, -0.2) is 68.8 Å². The van der Waals surface area contributed by atoms with Gasteiger partial charge in [-0.15, -0.1) is 0 Å². The van der Waals surface area contributed by atoms with E-state index in [1.165, 1.54) is 47.9 Å². The van der Waals surface area contributed by atoms with Gasteiger partial charge < -0.3 is 30.4 Å². The number of halogens is 3. The van der Waals surface area contributed by atoms with Crippen molar-refractivity contribution < 1.29 is 47.5 Å². The van der Waals surface area contributed by atoms with E-state index in [1.54, 1.807) is 98.2 Å². The summed E-state index contributed by atoms with van der Waals surface area (Å²) in [6, 6.07) is 79.8. The highest BCUT2D eigenvalue weighted by atomic mass is 35.5. The van der Waals surface area contributed by atoms with Crippen molar-refractivity contribution in [1.29, 1.82) is 0 Å². The van der Waals surface area contributed by atoms with Crippen LogP contribution in [0.25, 0.3) is 0 Å². The van der Waals surface area contributed by atoms with E-state index in [0.717, 1.165) is 53.5 Å². The number of ether oxygens (including phenoxy) is 1. The number of nitrogens with one attached hydrogen (secondary N) is 4. The summed E-state index contributed by atoms with van der Waals surface area (Å²) in [5.41, 5.74) is 12.0. The lowest BCUT2D eigenvalue weighted by Crippen LogP contribution is -2.12. The maximum absolute atomic E-state index is 12.3. The maximum Gasteiger partial charge on any atom is 0.291 e. The lowest BCUT2D eigenvalue weighted by atomic mass is 10.0. The van der Waals surface area contributed by atoms with Crippen molar-refractivity contribution in [2.45, 2.75) is 77.0 Å². The number of pyridine rings is 3. The SMILES string of the molecule is COc1cccc(C(=O)Nc2ccc(CC(=O)CCc3ccccc3)nc2)c1.O=C(CCc1ccccc1)Cc1ccc(NC(=O)c2ccc(Cl)o2)cc1.O=C(CCc1ccccc1)Cc1ccc(NC(=O)c2ccnc(Cl)c2)cc1.O=C(CCc1ccccc1)Cc1ccc(NC(=O)c2cncc(Cl)c2)cc1. The molecule has 0 saturated heterocycles. The summed E-state index contributed by atoms with van der Waals surface area (Å²) in [5, 5.41) is 12.0. The lowest BCUT2D eigenvalue weighted by molar-refractivity contribution is -0.119. The number of aromatic nitrogens is 3. The van der Waals surface area contributed by atoms with Crippen molar-refractivity contribution in [3.63, 3.8) is 0 Å². The zero-order chi connectivity index (χ0) is 76.2. The standard InChI is InChI=1S/C23H22N2O3.2C22H19ClN2O2.C21H18ClNO3/c1-28-22-9-5-8-18(14-22)23(27)25-20-12-11-19(24-16-20)15-21(26)13-10-17-6-3-2-4-7-17;23-19-13-18(14-24-15-19)22(27)25-20-9-6-17(7-10-20)12-21(26)11-8-16-4-2-1-3-5-16;23-21-15-18(12-13-24-21)22(27)25-19-9-6-17(7-10-19)14-20(26)11-8-16-4-2-1-3-5-16;22-20-13-12-19(26-20)21(25)23-17-9-6-16(7-10-17)14-18(24)11-8-15-4-2-1-3-5-15/h2-9,11-12,14,16H,10,13,15H2,1H3,(H,25,27);1-7,9-10,13-15H,8,11-12H2,(H,25,27);1-7,9-10,12-13,15H,8,11,14H2,(H,25,27);1-7,9-10,12-13H,8,11,14H2,(H,23,25). The molecule has 0 bridgehead atoms. The number of aryl methyl sites for hydroxylation is 4. The fourth-order valence-corrected chi connectivity index (χ4v) is 11.2. The third kappa shape index (κ3) is 28.3. The van der Waals surface area contributed by atoms with Crippen LogP contribution in [0.5, 0.6) is 5.75 Å². The first-order valence-corrected chi connectivity index (χ1v) is 35.9. The molecule has 12 rings (SSSR count). The van der Waals surface area contributed by atoms with Crippen LogP contribution in [0.3, 0.4) is 0 Å². The first-order valence-electron chi connectivity index (χ1n) is 34.7. The Labute approximate surface area is 642 Å². The first kappa shape index (κ1) is 79.8. The van der Waals surface area contributed by atoms with E-state index in [0.29, 0.717) is 101 Å². The number of methoxy groups -OCH3 is 1. The van der Waals surface area contributed by atoms with Crippen LogP contribution in [-0.2, 0) is 70.5 Å². The molecule has 0 radical (unpaired) electrons. The summed E-state index contributed by atoms with van der Waals surface area (Å²) in [5.74, 6) is 0.340. The number of carbonyl (C=O) groups is 8. The second kappa shape index (κ2) is 42.6. The van der Waals surface area contributed by atoms with Crippen molar-refractivity contribution in [1.82, 2.24) is 15.0 Å². The van der Waals surface area contributed by atoms with Crippen LogP contribution in [0.1, 0.15) is 112 Å². The van der Waals surface area contributed by atoms with Crippen LogP contribution in [0, 0.1) is 0 Å². The highest BCUT2D eigenvalue weighted by Gasteiger charge is 2.15. The molecule has 20 heteroatoms. The Balaban J connectivity index is 0.000000166. The van der Waals surface area contributed by atoms with Crippen LogP contribution < -0.4 is 26.0 Å². The number of hydrogen-bond acceptors (Lipinski definition) is 13. The van der Waals surface area contributed by atoms with Crippen molar-refractivity contribution in [2.75, 3.05) is 28.4 Å². The Morgan fingerprint density at radius 1 is 0.352 bits per heavy atom. The lowest BCUT2D eigenvalue weighted by Gasteiger charge is -2.07. The molecule has 0 aliphatic carbocycles. The molecule has 0 atom stereocenters. The highest BCUT2D eigenvalue weighted by Crippen LogP contribution is 2.22. The van der Waals surface area contributed by atoms with Gasteiger partial charge in [-0.05, 0) is 173 Å². The van der Waals surface area contributed by atoms with Crippen LogP contribution in [0.2, 0.25) is 15.4 Å². The summed E-state index contributed by atoms with van der Waals surface area (Å²) in [7, 11) is 1.56. The molecule has 546 valence electrons. The second-order valence-corrected chi connectivity index (χ2v) is 26.0. The molecule has 0 saturated carbocycles. The fraction of sp³-hybridized carbons (Fsp3) is 0.148. The normalized spacial score (nSPS) is 10.4. The minimum atomic E-state index is -0.372. The van der Waals surface area contributed by atoms with Crippen LogP contribution >= 0.6 is 34.8 Å². The molecule has 4 amide bonds. The summed E-state index contributed by atoms with van der Waals surface area (Å²) in [4.78, 5) is 109. The average Bonchev–Trinajstić information content (AvgIpc) is 1.61. The summed E-state index contributed by atoms with van der Waals surface area (Å²) in [6.07, 6.45) is 12.5. The topological polar surface area (TPSA) is 246 Å². The zero-order valence-corrected chi connectivity index (χ0v) is 61.4. The third-order valence-electron chi connectivity index (χ3n) is 16.5. The molecule has 0 fully saturated rings. The van der Waals surface area contributed by atoms with Gasteiger partial charge in [0.25, 0.3) is 23.6 Å². The number of benzene rings is 8. The molecule has 0 aliphatic rings. The fourth-order valence-electron chi connectivity index (χ4n) is 10.8. The predicted molar refractivity (Wildman–Crippen MR) is 424 cm³/mol. The number of hydrogen-bond donors (Lipinski definition) is 4. The minimum Gasteiger partial charge on any atom is -0.497 e.